The highest BCUT2D eigenvalue weighted by atomic mass is 32.2. The number of carbonyl (C=O) groups is 2. The van der Waals surface area contributed by atoms with Crippen LogP contribution in [0.5, 0.6) is 0 Å². The number of nitrogens with two attached hydrogens (primary N) is 1. The zero-order chi connectivity index (χ0) is 21.0. The van der Waals surface area contributed by atoms with Crippen molar-refractivity contribution >= 4 is 33.2 Å². The van der Waals surface area contributed by atoms with Crippen LogP contribution in [0.1, 0.15) is 27.8 Å². The molecule has 9 nitrogen and oxygen atoms in total. The van der Waals surface area contributed by atoms with Gasteiger partial charge in [-0.2, -0.15) is 5.10 Å². The first kappa shape index (κ1) is 20.1. The van der Waals surface area contributed by atoms with Crippen molar-refractivity contribution in [2.45, 2.75) is 6.92 Å². The molecule has 0 fully saturated rings. The maximum Gasteiger partial charge on any atom is 0.269 e. The Morgan fingerprint density at radius 1 is 1.07 bits per heavy atom. The largest absolute Gasteiger partial charge is 0.364 e. The van der Waals surface area contributed by atoms with Crippen LogP contribution in [0.25, 0.3) is 5.69 Å². The van der Waals surface area contributed by atoms with E-state index in [9.17, 15) is 18.0 Å². The van der Waals surface area contributed by atoms with Gasteiger partial charge in [-0.15, -0.1) is 0 Å². The summed E-state index contributed by atoms with van der Waals surface area (Å²) in [5, 5.41) is 6.79. The first-order valence-corrected chi connectivity index (χ1v) is 10.3. The summed E-state index contributed by atoms with van der Waals surface area (Å²) in [6, 6.07) is 14.6. The van der Waals surface area contributed by atoms with E-state index in [4.69, 9.17) is 5.73 Å². The molecular weight excluding hydrogens is 394 g/mol. The lowest BCUT2D eigenvalue weighted by Crippen LogP contribution is -2.19. The molecule has 3 aromatic rings. The number of anilines is 2. The molecule has 0 atom stereocenters. The molecule has 1 heterocycles. The quantitative estimate of drug-likeness (QED) is 0.544. The Hall–Kier alpha value is -3.66. The molecule has 0 unspecified atom stereocenters. The van der Waals surface area contributed by atoms with Crippen molar-refractivity contribution in [2.75, 3.05) is 15.8 Å². The average Bonchev–Trinajstić information content (AvgIpc) is 3.19. The molecule has 29 heavy (non-hydrogen) atoms. The van der Waals surface area contributed by atoms with Crippen LogP contribution in [0.3, 0.4) is 0 Å². The van der Waals surface area contributed by atoms with Crippen LogP contribution in [0, 0.1) is 0 Å². The molecule has 0 saturated carbocycles. The van der Waals surface area contributed by atoms with Gasteiger partial charge in [-0.3, -0.25) is 14.3 Å². The highest BCUT2D eigenvalue weighted by Crippen LogP contribution is 2.20. The lowest BCUT2D eigenvalue weighted by atomic mass is 10.1. The fourth-order valence-corrected chi connectivity index (χ4v) is 3.16. The zero-order valence-electron chi connectivity index (χ0n) is 15.5. The minimum atomic E-state index is -3.51. The summed E-state index contributed by atoms with van der Waals surface area (Å²) < 4.78 is 27.6. The number of carbonyl (C=O) groups excluding carboxylic acids is 2. The van der Waals surface area contributed by atoms with Crippen LogP contribution in [0.2, 0.25) is 0 Å². The van der Waals surface area contributed by atoms with Gasteiger partial charge in [0.15, 0.2) is 0 Å². The van der Waals surface area contributed by atoms with Crippen LogP contribution in [-0.4, -0.2) is 35.8 Å². The summed E-state index contributed by atoms with van der Waals surface area (Å²) in [6.07, 6.45) is 1.60. The number of amides is 2. The first-order chi connectivity index (χ1) is 13.8. The van der Waals surface area contributed by atoms with E-state index >= 15 is 0 Å². The second-order valence-electron chi connectivity index (χ2n) is 6.06. The summed E-state index contributed by atoms with van der Waals surface area (Å²) in [5.41, 5.74) is 6.93. The number of nitrogens with zero attached hydrogens (tertiary/aromatic N) is 2. The third kappa shape index (κ3) is 4.79. The van der Waals surface area contributed by atoms with Crippen molar-refractivity contribution in [3.63, 3.8) is 0 Å². The van der Waals surface area contributed by atoms with Gasteiger partial charge in [-0.25, -0.2) is 13.1 Å². The highest BCUT2D eigenvalue weighted by molar-refractivity contribution is 7.92. The van der Waals surface area contributed by atoms with E-state index in [0.717, 1.165) is 0 Å². The van der Waals surface area contributed by atoms with Crippen LogP contribution in [0.15, 0.2) is 60.8 Å². The van der Waals surface area contributed by atoms with E-state index < -0.39 is 21.8 Å². The number of hydrogen-bond donors (Lipinski definition) is 3. The number of nitrogens with one attached hydrogen (secondary N) is 2. The van der Waals surface area contributed by atoms with Crippen LogP contribution < -0.4 is 15.8 Å². The van der Waals surface area contributed by atoms with Crippen molar-refractivity contribution in [3.8, 4) is 5.69 Å². The fraction of sp³-hybridized carbons (Fsp3) is 0.105. The molecule has 150 valence electrons. The topological polar surface area (TPSA) is 136 Å². The fourth-order valence-electron chi connectivity index (χ4n) is 2.50. The Bertz CT molecular complexity index is 1150. The summed E-state index contributed by atoms with van der Waals surface area (Å²) in [4.78, 5) is 23.8. The van der Waals surface area contributed by atoms with Crippen LogP contribution in [-0.2, 0) is 10.0 Å². The zero-order valence-corrected chi connectivity index (χ0v) is 16.3. The first-order valence-electron chi connectivity index (χ1n) is 8.66. The standard InChI is InChI=1S/C19H19N5O4S/c1-2-29(27,28)23-16-6-4-3-5-15(16)19(26)21-13-7-9-14(10-8-13)24-12-11-17(22-24)18(20)25/h3-12,23H,2H2,1H3,(H2,20,25)(H,21,26). The minimum Gasteiger partial charge on any atom is -0.364 e. The van der Waals surface area contributed by atoms with E-state index in [1.165, 1.54) is 29.8 Å². The summed E-state index contributed by atoms with van der Waals surface area (Å²) >= 11 is 0. The Morgan fingerprint density at radius 3 is 2.38 bits per heavy atom. The highest BCUT2D eigenvalue weighted by Gasteiger charge is 2.15. The van der Waals surface area contributed by atoms with Gasteiger partial charge < -0.3 is 11.1 Å². The number of sulfonamides is 1. The van der Waals surface area contributed by atoms with Gasteiger partial charge in [-0.1, -0.05) is 12.1 Å². The number of aromatic nitrogens is 2. The molecule has 0 bridgehead atoms. The van der Waals surface area contributed by atoms with E-state index in [-0.39, 0.29) is 22.7 Å². The predicted octanol–water partition coefficient (Wildman–Crippen LogP) is 1.99. The molecule has 3 rings (SSSR count). The minimum absolute atomic E-state index is 0.102. The lowest BCUT2D eigenvalue weighted by molar-refractivity contribution is 0.0993. The molecule has 0 saturated heterocycles. The molecule has 0 aliphatic rings. The summed E-state index contributed by atoms with van der Waals surface area (Å²) in [6.45, 7) is 1.51. The number of para-hydroxylation sites is 1. The van der Waals surface area contributed by atoms with E-state index in [2.05, 4.69) is 15.1 Å². The van der Waals surface area contributed by atoms with E-state index in [1.54, 1.807) is 42.6 Å². The molecule has 0 spiro atoms. The number of hydrogen-bond acceptors (Lipinski definition) is 5. The van der Waals surface area contributed by atoms with Gasteiger partial charge >= 0.3 is 0 Å². The smallest absolute Gasteiger partial charge is 0.269 e. The third-order valence-corrected chi connectivity index (χ3v) is 5.34. The molecule has 0 radical (unpaired) electrons. The molecular formula is C19H19N5O4S. The molecule has 0 aliphatic carbocycles. The normalized spacial score (nSPS) is 11.1. The summed E-state index contributed by atoms with van der Waals surface area (Å²) in [5.74, 6) is -1.18. The maximum absolute atomic E-state index is 12.6. The second kappa shape index (κ2) is 8.15. The Balaban J connectivity index is 1.77. The predicted molar refractivity (Wildman–Crippen MR) is 110 cm³/mol. The van der Waals surface area contributed by atoms with Crippen LogP contribution in [0.4, 0.5) is 11.4 Å². The SMILES string of the molecule is CCS(=O)(=O)Nc1ccccc1C(=O)Nc1ccc(-n2ccc(C(N)=O)n2)cc1. The van der Waals surface area contributed by atoms with Crippen molar-refractivity contribution in [1.82, 2.24) is 9.78 Å². The van der Waals surface area contributed by atoms with E-state index in [1.807, 2.05) is 0 Å². The number of benzene rings is 2. The third-order valence-electron chi connectivity index (χ3n) is 4.05. The van der Waals surface area contributed by atoms with Gasteiger partial charge in [-0.05, 0) is 49.4 Å². The Kier molecular flexibility index (Phi) is 5.64. The van der Waals surface area contributed by atoms with Gasteiger partial charge in [0.2, 0.25) is 10.0 Å². The molecule has 2 aromatic carbocycles. The second-order valence-corrected chi connectivity index (χ2v) is 8.07. The monoisotopic (exact) mass is 413 g/mol. The van der Waals surface area contributed by atoms with Gasteiger partial charge in [0.1, 0.15) is 5.69 Å². The molecule has 0 aliphatic heterocycles. The Morgan fingerprint density at radius 2 is 1.76 bits per heavy atom. The molecule has 10 heteroatoms. The van der Waals surface area contributed by atoms with Crippen molar-refractivity contribution < 1.29 is 18.0 Å². The average molecular weight is 413 g/mol. The van der Waals surface area contributed by atoms with Crippen molar-refractivity contribution in [2.24, 2.45) is 5.73 Å². The van der Waals surface area contributed by atoms with Gasteiger partial charge in [0, 0.05) is 11.9 Å². The van der Waals surface area contributed by atoms with Crippen molar-refractivity contribution in [3.05, 3.63) is 72.1 Å². The van der Waals surface area contributed by atoms with E-state index in [0.29, 0.717) is 11.4 Å². The van der Waals surface area contributed by atoms with Gasteiger partial charge in [0.05, 0.1) is 22.7 Å². The van der Waals surface area contributed by atoms with Crippen LogP contribution >= 0.6 is 0 Å². The van der Waals surface area contributed by atoms with Gasteiger partial charge in [0.25, 0.3) is 11.8 Å². The number of rotatable bonds is 7. The molecule has 2 amide bonds. The Labute approximate surface area is 167 Å². The maximum atomic E-state index is 12.6. The van der Waals surface area contributed by atoms with Crippen molar-refractivity contribution in [1.29, 1.82) is 0 Å². The number of primary amides is 1. The molecule has 1 aromatic heterocycles. The molecule has 4 N–H and O–H groups in total. The lowest BCUT2D eigenvalue weighted by Gasteiger charge is -2.12. The summed E-state index contributed by atoms with van der Waals surface area (Å²) in [7, 11) is -3.51.